The van der Waals surface area contributed by atoms with Gasteiger partial charge in [0.2, 0.25) is 0 Å². The van der Waals surface area contributed by atoms with E-state index in [0.29, 0.717) is 12.0 Å². The Morgan fingerprint density at radius 1 is 1.18 bits per heavy atom. The maximum absolute atomic E-state index is 13.1. The van der Waals surface area contributed by atoms with Crippen molar-refractivity contribution < 1.29 is 9.18 Å². The molecule has 4 nitrogen and oxygen atoms in total. The maximum atomic E-state index is 13.1. The van der Waals surface area contributed by atoms with Gasteiger partial charge < -0.3 is 0 Å². The Bertz CT molecular complexity index is 896. The summed E-state index contributed by atoms with van der Waals surface area (Å²) in [6.07, 6.45) is 4.00. The number of nitrogens with zero attached hydrogens (tertiary/aromatic N) is 3. The Morgan fingerprint density at radius 2 is 1.95 bits per heavy atom. The molecule has 5 heteroatoms. The van der Waals surface area contributed by atoms with Gasteiger partial charge in [-0.2, -0.15) is 5.10 Å². The monoisotopic (exact) mass is 295 g/mol. The molecule has 22 heavy (non-hydrogen) atoms. The van der Waals surface area contributed by atoms with Gasteiger partial charge in [0.15, 0.2) is 11.4 Å². The lowest BCUT2D eigenvalue weighted by Gasteiger charge is -2.13. The van der Waals surface area contributed by atoms with E-state index in [2.05, 4.69) is 10.1 Å². The van der Waals surface area contributed by atoms with Crippen LogP contribution in [0.5, 0.6) is 0 Å². The van der Waals surface area contributed by atoms with E-state index in [-0.39, 0.29) is 11.6 Å². The van der Waals surface area contributed by atoms with Crippen molar-refractivity contribution in [2.75, 3.05) is 0 Å². The second-order valence-corrected chi connectivity index (χ2v) is 5.61. The Morgan fingerprint density at radius 3 is 2.73 bits per heavy atom. The summed E-state index contributed by atoms with van der Waals surface area (Å²) >= 11 is 0. The molecule has 2 aromatic heterocycles. The second kappa shape index (κ2) is 4.73. The minimum Gasteiger partial charge on any atom is -0.294 e. The van der Waals surface area contributed by atoms with Crippen molar-refractivity contribution in [3.05, 3.63) is 53.2 Å². The van der Waals surface area contributed by atoms with Crippen LogP contribution in [-0.2, 0) is 6.42 Å². The zero-order valence-electron chi connectivity index (χ0n) is 12.1. The molecule has 0 radical (unpaired) electrons. The Balaban J connectivity index is 1.97. The lowest BCUT2D eigenvalue weighted by molar-refractivity contribution is 0.0971. The molecule has 1 aliphatic carbocycles. The number of hydrogen-bond donors (Lipinski definition) is 0. The number of aromatic nitrogens is 3. The molecule has 1 aliphatic rings. The zero-order valence-corrected chi connectivity index (χ0v) is 12.1. The van der Waals surface area contributed by atoms with E-state index in [4.69, 9.17) is 0 Å². The molecule has 0 atom stereocenters. The quantitative estimate of drug-likeness (QED) is 0.691. The molecule has 0 bridgehead atoms. The molecular formula is C17H14FN3O. The number of ketones is 1. The topological polar surface area (TPSA) is 47.3 Å². The van der Waals surface area contributed by atoms with Crippen LogP contribution in [0.25, 0.3) is 16.8 Å². The summed E-state index contributed by atoms with van der Waals surface area (Å²) in [5.74, 6) is -0.138. The number of hydrogen-bond acceptors (Lipinski definition) is 3. The predicted octanol–water partition coefficient (Wildman–Crippen LogP) is 3.36. The van der Waals surface area contributed by atoms with Crippen LogP contribution in [0.1, 0.15) is 34.6 Å². The third-order valence-corrected chi connectivity index (χ3v) is 4.11. The maximum Gasteiger partial charge on any atom is 0.166 e. The summed E-state index contributed by atoms with van der Waals surface area (Å²) in [5.41, 5.74) is 4.81. The third-order valence-electron chi connectivity index (χ3n) is 4.11. The van der Waals surface area contributed by atoms with Crippen LogP contribution in [-0.4, -0.2) is 20.4 Å². The van der Waals surface area contributed by atoms with E-state index in [1.165, 1.54) is 12.1 Å². The fraction of sp³-hybridized carbons (Fsp3) is 0.235. The van der Waals surface area contributed by atoms with E-state index >= 15 is 0 Å². The Hall–Kier alpha value is -2.56. The summed E-state index contributed by atoms with van der Waals surface area (Å²) in [7, 11) is 0. The van der Waals surface area contributed by atoms with Gasteiger partial charge in [-0.1, -0.05) is 12.1 Å². The molecule has 0 spiro atoms. The zero-order chi connectivity index (χ0) is 15.3. The number of benzene rings is 1. The van der Waals surface area contributed by atoms with Gasteiger partial charge in [0.25, 0.3) is 0 Å². The van der Waals surface area contributed by atoms with E-state index in [9.17, 15) is 9.18 Å². The SMILES string of the molecule is Cc1nn2cc3c(nc2c1-c1ccc(F)cc1)CCCC3=O. The van der Waals surface area contributed by atoms with Gasteiger partial charge in [0, 0.05) is 18.2 Å². The largest absolute Gasteiger partial charge is 0.294 e. The van der Waals surface area contributed by atoms with Gasteiger partial charge in [0.05, 0.1) is 17.0 Å². The van der Waals surface area contributed by atoms with Gasteiger partial charge in [-0.15, -0.1) is 0 Å². The van der Waals surface area contributed by atoms with Gasteiger partial charge in [-0.05, 0) is 37.5 Å². The van der Waals surface area contributed by atoms with Gasteiger partial charge in [-0.3, -0.25) is 4.79 Å². The molecule has 0 saturated heterocycles. The van der Waals surface area contributed by atoms with Gasteiger partial charge >= 0.3 is 0 Å². The highest BCUT2D eigenvalue weighted by atomic mass is 19.1. The minimum atomic E-state index is -0.270. The molecule has 0 unspecified atom stereocenters. The molecule has 0 amide bonds. The molecule has 3 aromatic rings. The molecular weight excluding hydrogens is 281 g/mol. The Labute approximate surface area is 126 Å². The minimum absolute atomic E-state index is 0.132. The Kier molecular flexibility index (Phi) is 2.82. The molecule has 0 saturated carbocycles. The summed E-state index contributed by atoms with van der Waals surface area (Å²) < 4.78 is 14.8. The standard InChI is InChI=1S/C17H14FN3O/c1-10-16(11-5-7-12(18)8-6-11)17-19-14-3-2-4-15(22)13(14)9-21(17)20-10/h5-9H,2-4H2,1H3. The predicted molar refractivity (Wildman–Crippen MR) is 80.4 cm³/mol. The first-order valence-electron chi connectivity index (χ1n) is 7.31. The molecule has 4 rings (SSSR count). The highest BCUT2D eigenvalue weighted by Crippen LogP contribution is 2.29. The number of halogens is 1. The van der Waals surface area contributed by atoms with Crippen molar-refractivity contribution in [3.8, 4) is 11.1 Å². The van der Waals surface area contributed by atoms with Crippen LogP contribution in [0.15, 0.2) is 30.5 Å². The van der Waals surface area contributed by atoms with E-state index in [1.54, 1.807) is 22.8 Å². The molecule has 110 valence electrons. The lowest BCUT2D eigenvalue weighted by Crippen LogP contribution is -2.14. The van der Waals surface area contributed by atoms with Crippen LogP contribution in [0, 0.1) is 12.7 Å². The van der Waals surface area contributed by atoms with Crippen LogP contribution >= 0.6 is 0 Å². The van der Waals surface area contributed by atoms with Gasteiger partial charge in [-0.25, -0.2) is 13.9 Å². The first-order valence-corrected chi connectivity index (χ1v) is 7.31. The molecule has 1 aromatic carbocycles. The number of Topliss-reactive ketones (excluding diaryl/α,β-unsaturated/α-hetero) is 1. The average molecular weight is 295 g/mol. The summed E-state index contributed by atoms with van der Waals surface area (Å²) in [4.78, 5) is 16.7. The van der Waals surface area contributed by atoms with Gasteiger partial charge in [0.1, 0.15) is 5.82 Å². The summed E-state index contributed by atoms with van der Waals surface area (Å²) in [6.45, 7) is 1.90. The smallest absolute Gasteiger partial charge is 0.166 e. The molecule has 0 aliphatic heterocycles. The first-order chi connectivity index (χ1) is 10.6. The van der Waals surface area contributed by atoms with Crippen LogP contribution in [0.4, 0.5) is 4.39 Å². The van der Waals surface area contributed by atoms with Crippen molar-refractivity contribution in [3.63, 3.8) is 0 Å². The normalized spacial score (nSPS) is 14.4. The lowest BCUT2D eigenvalue weighted by atomic mass is 9.96. The summed E-state index contributed by atoms with van der Waals surface area (Å²) in [6, 6.07) is 6.32. The van der Waals surface area contributed by atoms with E-state index in [1.807, 2.05) is 6.92 Å². The average Bonchev–Trinajstić information content (AvgIpc) is 2.82. The van der Waals surface area contributed by atoms with E-state index < -0.39 is 0 Å². The van der Waals surface area contributed by atoms with Crippen LogP contribution < -0.4 is 0 Å². The molecule has 0 fully saturated rings. The third kappa shape index (κ3) is 1.93. The number of aryl methyl sites for hydroxylation is 2. The van der Waals surface area contributed by atoms with Crippen molar-refractivity contribution >= 4 is 11.4 Å². The second-order valence-electron chi connectivity index (χ2n) is 5.61. The van der Waals surface area contributed by atoms with Crippen molar-refractivity contribution in [2.24, 2.45) is 0 Å². The fourth-order valence-corrected chi connectivity index (χ4v) is 3.05. The van der Waals surface area contributed by atoms with Crippen molar-refractivity contribution in [1.82, 2.24) is 14.6 Å². The van der Waals surface area contributed by atoms with Crippen molar-refractivity contribution in [2.45, 2.75) is 26.2 Å². The number of carbonyl (C=O) groups is 1. The van der Waals surface area contributed by atoms with E-state index in [0.717, 1.165) is 41.0 Å². The summed E-state index contributed by atoms with van der Waals surface area (Å²) in [5, 5.41) is 4.46. The first kappa shape index (κ1) is 13.1. The number of fused-ring (bicyclic) bond motifs is 2. The van der Waals surface area contributed by atoms with Crippen molar-refractivity contribution in [1.29, 1.82) is 0 Å². The van der Waals surface area contributed by atoms with Crippen LogP contribution in [0.2, 0.25) is 0 Å². The highest BCUT2D eigenvalue weighted by molar-refractivity contribution is 5.98. The number of rotatable bonds is 1. The molecule has 2 heterocycles. The van der Waals surface area contributed by atoms with Crippen LogP contribution in [0.3, 0.4) is 0 Å². The highest BCUT2D eigenvalue weighted by Gasteiger charge is 2.22. The molecule has 0 N–H and O–H groups in total. The number of carbonyl (C=O) groups excluding carboxylic acids is 1. The fourth-order valence-electron chi connectivity index (χ4n) is 3.05.